The van der Waals surface area contributed by atoms with Crippen molar-refractivity contribution in [1.82, 2.24) is 20.4 Å². The molecule has 4 aromatic rings. The van der Waals surface area contributed by atoms with Crippen LogP contribution in [0.25, 0.3) is 33.4 Å². The Bertz CT molecular complexity index is 1000. The third-order valence-corrected chi connectivity index (χ3v) is 3.77. The van der Waals surface area contributed by atoms with Crippen LogP contribution >= 0.6 is 0 Å². The molecular formula is C17H12N4O2. The van der Waals surface area contributed by atoms with Crippen LogP contribution in [-0.2, 0) is 0 Å². The molecule has 6 heteroatoms. The van der Waals surface area contributed by atoms with E-state index in [0.29, 0.717) is 5.52 Å². The summed E-state index contributed by atoms with van der Waals surface area (Å²) in [5.74, 6) is -0.962. The number of aromatic amines is 2. The normalized spacial score (nSPS) is 11.0. The zero-order valence-electron chi connectivity index (χ0n) is 11.9. The highest BCUT2D eigenvalue weighted by molar-refractivity contribution is 6.00. The summed E-state index contributed by atoms with van der Waals surface area (Å²) >= 11 is 0. The molecule has 0 unspecified atom stereocenters. The van der Waals surface area contributed by atoms with Gasteiger partial charge in [-0.3, -0.25) is 10.2 Å². The Labute approximate surface area is 130 Å². The van der Waals surface area contributed by atoms with E-state index in [9.17, 15) is 4.79 Å². The van der Waals surface area contributed by atoms with Crippen molar-refractivity contribution in [2.45, 2.75) is 0 Å². The Morgan fingerprint density at radius 3 is 2.65 bits per heavy atom. The lowest BCUT2D eigenvalue weighted by molar-refractivity contribution is 0.0697. The molecule has 0 saturated carbocycles. The van der Waals surface area contributed by atoms with E-state index in [2.05, 4.69) is 20.4 Å². The van der Waals surface area contributed by atoms with Gasteiger partial charge in [0.25, 0.3) is 0 Å². The molecule has 2 aromatic carbocycles. The van der Waals surface area contributed by atoms with Crippen LogP contribution in [0.1, 0.15) is 10.4 Å². The zero-order chi connectivity index (χ0) is 15.8. The average Bonchev–Trinajstić information content (AvgIpc) is 3.21. The molecule has 0 saturated heterocycles. The second-order valence-electron chi connectivity index (χ2n) is 5.16. The molecule has 0 aliphatic rings. The lowest BCUT2D eigenvalue weighted by atomic mass is 10.0. The number of H-pyrrole nitrogens is 2. The summed E-state index contributed by atoms with van der Waals surface area (Å²) in [6, 6.07) is 14.8. The van der Waals surface area contributed by atoms with Gasteiger partial charge in [-0.2, -0.15) is 10.2 Å². The van der Waals surface area contributed by atoms with Crippen LogP contribution in [0.15, 0.2) is 54.7 Å². The van der Waals surface area contributed by atoms with Crippen molar-refractivity contribution in [3.05, 3.63) is 60.3 Å². The van der Waals surface area contributed by atoms with Gasteiger partial charge in [-0.25, -0.2) is 4.79 Å². The average molecular weight is 304 g/mol. The predicted molar refractivity (Wildman–Crippen MR) is 86.1 cm³/mol. The fraction of sp³-hybridized carbons (Fsp3) is 0. The number of carbonyl (C=O) groups is 1. The number of fused-ring (bicyclic) bond motifs is 1. The van der Waals surface area contributed by atoms with Crippen molar-refractivity contribution in [2.75, 3.05) is 0 Å². The summed E-state index contributed by atoms with van der Waals surface area (Å²) in [4.78, 5) is 11.1. The summed E-state index contributed by atoms with van der Waals surface area (Å²) in [6.07, 6.45) is 1.73. The fourth-order valence-corrected chi connectivity index (χ4v) is 2.65. The first-order valence-corrected chi connectivity index (χ1v) is 7.04. The van der Waals surface area contributed by atoms with Gasteiger partial charge in [-0.05, 0) is 18.2 Å². The first-order valence-electron chi connectivity index (χ1n) is 7.04. The van der Waals surface area contributed by atoms with Crippen molar-refractivity contribution >= 4 is 16.9 Å². The van der Waals surface area contributed by atoms with Gasteiger partial charge < -0.3 is 5.11 Å². The fourth-order valence-electron chi connectivity index (χ4n) is 2.65. The number of hydrogen-bond donors (Lipinski definition) is 3. The third-order valence-electron chi connectivity index (χ3n) is 3.77. The number of aromatic nitrogens is 4. The van der Waals surface area contributed by atoms with Gasteiger partial charge in [0.05, 0.1) is 23.0 Å². The Morgan fingerprint density at radius 1 is 1.04 bits per heavy atom. The molecule has 112 valence electrons. The summed E-state index contributed by atoms with van der Waals surface area (Å²) in [6.45, 7) is 0. The highest BCUT2D eigenvalue weighted by atomic mass is 16.4. The Hall–Kier alpha value is -3.41. The van der Waals surface area contributed by atoms with Crippen LogP contribution in [-0.4, -0.2) is 31.5 Å². The minimum Gasteiger partial charge on any atom is -0.478 e. The first-order chi connectivity index (χ1) is 11.2. The van der Waals surface area contributed by atoms with Crippen molar-refractivity contribution in [1.29, 1.82) is 0 Å². The Balaban J connectivity index is 1.88. The first kappa shape index (κ1) is 13.3. The van der Waals surface area contributed by atoms with Gasteiger partial charge in [-0.1, -0.05) is 30.3 Å². The summed E-state index contributed by atoms with van der Waals surface area (Å²) in [5.41, 5.74) is 4.40. The van der Waals surface area contributed by atoms with E-state index in [1.807, 2.05) is 30.3 Å². The lowest BCUT2D eigenvalue weighted by Crippen LogP contribution is -1.94. The maximum atomic E-state index is 11.1. The summed E-state index contributed by atoms with van der Waals surface area (Å²) in [7, 11) is 0. The molecule has 0 fully saturated rings. The number of hydrogen-bond acceptors (Lipinski definition) is 3. The maximum absolute atomic E-state index is 11.1. The van der Waals surface area contributed by atoms with Crippen molar-refractivity contribution < 1.29 is 9.90 Å². The van der Waals surface area contributed by atoms with Crippen LogP contribution in [0.4, 0.5) is 0 Å². The molecule has 6 nitrogen and oxygen atoms in total. The number of aromatic carboxylic acids is 1. The number of carboxylic acids is 1. The standard InChI is InChI=1S/C17H12N4O2/c22-17(23)11-6-7-12-14(8-11)19-21-16(12)13-9-18-20-15(13)10-4-2-1-3-5-10/h1-9H,(H,18,20)(H,19,21)(H,22,23). The Morgan fingerprint density at radius 2 is 1.87 bits per heavy atom. The minimum atomic E-state index is -0.962. The predicted octanol–water partition coefficient (Wildman–Crippen LogP) is 3.32. The van der Waals surface area contributed by atoms with Crippen LogP contribution in [0.5, 0.6) is 0 Å². The zero-order valence-corrected chi connectivity index (χ0v) is 11.9. The molecule has 3 N–H and O–H groups in total. The summed E-state index contributed by atoms with van der Waals surface area (Å²) in [5, 5.41) is 24.3. The van der Waals surface area contributed by atoms with Crippen LogP contribution in [0, 0.1) is 0 Å². The molecule has 0 radical (unpaired) electrons. The van der Waals surface area contributed by atoms with Gasteiger partial charge in [-0.15, -0.1) is 0 Å². The second-order valence-corrected chi connectivity index (χ2v) is 5.16. The van der Waals surface area contributed by atoms with E-state index in [1.54, 1.807) is 24.4 Å². The highest BCUT2D eigenvalue weighted by Crippen LogP contribution is 2.33. The number of carboxylic acid groups (broad SMARTS) is 1. The van der Waals surface area contributed by atoms with Gasteiger partial charge in [0, 0.05) is 16.5 Å². The number of nitrogens with zero attached hydrogens (tertiary/aromatic N) is 2. The highest BCUT2D eigenvalue weighted by Gasteiger charge is 2.16. The molecule has 2 heterocycles. The lowest BCUT2D eigenvalue weighted by Gasteiger charge is -2.01. The molecule has 23 heavy (non-hydrogen) atoms. The molecule has 0 amide bonds. The molecule has 0 aliphatic carbocycles. The monoisotopic (exact) mass is 304 g/mol. The van der Waals surface area contributed by atoms with E-state index in [1.165, 1.54) is 0 Å². The van der Waals surface area contributed by atoms with E-state index < -0.39 is 5.97 Å². The molecule has 2 aromatic heterocycles. The van der Waals surface area contributed by atoms with Gasteiger partial charge in [0.1, 0.15) is 5.69 Å². The Kier molecular flexibility index (Phi) is 2.94. The van der Waals surface area contributed by atoms with Crippen molar-refractivity contribution in [2.24, 2.45) is 0 Å². The van der Waals surface area contributed by atoms with Crippen LogP contribution in [0.2, 0.25) is 0 Å². The maximum Gasteiger partial charge on any atom is 0.335 e. The molecular weight excluding hydrogens is 292 g/mol. The number of rotatable bonds is 3. The number of benzene rings is 2. The van der Waals surface area contributed by atoms with Crippen LogP contribution in [0.3, 0.4) is 0 Å². The van der Waals surface area contributed by atoms with Gasteiger partial charge in [0.15, 0.2) is 0 Å². The minimum absolute atomic E-state index is 0.225. The van der Waals surface area contributed by atoms with Gasteiger partial charge in [0.2, 0.25) is 0 Å². The molecule has 0 aliphatic heterocycles. The quantitative estimate of drug-likeness (QED) is 0.541. The van der Waals surface area contributed by atoms with E-state index in [4.69, 9.17) is 5.11 Å². The van der Waals surface area contributed by atoms with Crippen molar-refractivity contribution in [3.8, 4) is 22.5 Å². The smallest absolute Gasteiger partial charge is 0.335 e. The SMILES string of the molecule is O=C(O)c1ccc2c(-c3cn[nH]c3-c3ccccc3)n[nH]c2c1. The second kappa shape index (κ2) is 5.10. The van der Waals surface area contributed by atoms with Crippen molar-refractivity contribution in [3.63, 3.8) is 0 Å². The molecule has 4 rings (SSSR count). The molecule has 0 spiro atoms. The largest absolute Gasteiger partial charge is 0.478 e. The molecule has 0 atom stereocenters. The van der Waals surface area contributed by atoms with E-state index in [-0.39, 0.29) is 5.56 Å². The molecule has 0 bridgehead atoms. The number of nitrogens with one attached hydrogen (secondary N) is 2. The van der Waals surface area contributed by atoms with Gasteiger partial charge >= 0.3 is 5.97 Å². The van der Waals surface area contributed by atoms with E-state index >= 15 is 0 Å². The third kappa shape index (κ3) is 2.17. The summed E-state index contributed by atoms with van der Waals surface area (Å²) < 4.78 is 0. The van der Waals surface area contributed by atoms with E-state index in [0.717, 1.165) is 27.9 Å². The topological polar surface area (TPSA) is 94.7 Å². The van der Waals surface area contributed by atoms with Crippen LogP contribution < -0.4 is 0 Å².